The summed E-state index contributed by atoms with van der Waals surface area (Å²) in [7, 11) is 0. The third-order valence-corrected chi connectivity index (χ3v) is 5.79. The average Bonchev–Trinajstić information content (AvgIpc) is 3.26. The van der Waals surface area contributed by atoms with Crippen LogP contribution in [0.4, 0.5) is 11.4 Å². The van der Waals surface area contributed by atoms with E-state index in [1.54, 1.807) is 23.0 Å². The Hall–Kier alpha value is -2.45. The molecule has 0 radical (unpaired) electrons. The molecule has 1 saturated carbocycles. The number of piperidine rings is 1. The fourth-order valence-electron chi connectivity index (χ4n) is 4.11. The number of anilines is 2. The van der Waals surface area contributed by atoms with Crippen molar-refractivity contribution in [1.29, 1.82) is 0 Å². The topological polar surface area (TPSA) is 101 Å². The predicted molar refractivity (Wildman–Crippen MR) is 118 cm³/mol. The number of carbonyl (C=O) groups is 2. The van der Waals surface area contributed by atoms with E-state index in [2.05, 4.69) is 26.3 Å². The SMILES string of the molecule is Cl.O=C(Nc1cccc(NC(=O)C2CCCCC2)c1)c1cn(C2CCNCC2)nn1. The van der Waals surface area contributed by atoms with Gasteiger partial charge in [-0.15, -0.1) is 17.5 Å². The molecule has 0 spiro atoms. The van der Waals surface area contributed by atoms with Gasteiger partial charge < -0.3 is 16.0 Å². The monoisotopic (exact) mass is 432 g/mol. The van der Waals surface area contributed by atoms with Crippen LogP contribution < -0.4 is 16.0 Å². The molecule has 0 unspecified atom stereocenters. The van der Waals surface area contributed by atoms with Gasteiger partial charge in [-0.2, -0.15) is 0 Å². The maximum atomic E-state index is 12.6. The summed E-state index contributed by atoms with van der Waals surface area (Å²) in [6.45, 7) is 1.90. The van der Waals surface area contributed by atoms with Gasteiger partial charge >= 0.3 is 0 Å². The normalized spacial score (nSPS) is 17.7. The predicted octanol–water partition coefficient (Wildman–Crippen LogP) is 3.40. The zero-order chi connectivity index (χ0) is 20.1. The smallest absolute Gasteiger partial charge is 0.277 e. The first-order valence-corrected chi connectivity index (χ1v) is 10.5. The van der Waals surface area contributed by atoms with Crippen molar-refractivity contribution < 1.29 is 9.59 Å². The Balaban J connectivity index is 0.00000256. The first kappa shape index (κ1) is 22.2. The number of hydrogen-bond acceptors (Lipinski definition) is 5. The molecular formula is C21H29ClN6O2. The van der Waals surface area contributed by atoms with Crippen LogP contribution in [0.2, 0.25) is 0 Å². The Labute approximate surface area is 182 Å². The van der Waals surface area contributed by atoms with Crippen molar-refractivity contribution in [3.63, 3.8) is 0 Å². The summed E-state index contributed by atoms with van der Waals surface area (Å²) in [6, 6.07) is 7.51. The van der Waals surface area contributed by atoms with E-state index in [-0.39, 0.29) is 36.2 Å². The van der Waals surface area contributed by atoms with Crippen molar-refractivity contribution >= 4 is 35.6 Å². The molecule has 2 amide bonds. The molecule has 162 valence electrons. The Morgan fingerprint density at radius 1 is 1.00 bits per heavy atom. The van der Waals surface area contributed by atoms with Crippen LogP contribution in [-0.4, -0.2) is 39.9 Å². The Bertz CT molecular complexity index is 859. The van der Waals surface area contributed by atoms with E-state index in [1.165, 1.54) is 6.42 Å². The van der Waals surface area contributed by atoms with Gasteiger partial charge in [0.1, 0.15) is 0 Å². The Morgan fingerprint density at radius 3 is 2.43 bits per heavy atom. The minimum absolute atomic E-state index is 0. The molecule has 4 rings (SSSR count). The highest BCUT2D eigenvalue weighted by atomic mass is 35.5. The second kappa shape index (κ2) is 10.5. The van der Waals surface area contributed by atoms with Crippen LogP contribution in [0.15, 0.2) is 30.5 Å². The first-order chi connectivity index (χ1) is 14.2. The van der Waals surface area contributed by atoms with E-state index in [1.807, 2.05) is 12.1 Å². The van der Waals surface area contributed by atoms with E-state index in [0.29, 0.717) is 17.1 Å². The standard InChI is InChI=1S/C21H28N6O2.ClH/c28-20(15-5-2-1-3-6-15)23-16-7-4-8-17(13-16)24-21(29)19-14-27(26-25-19)18-9-11-22-12-10-18;/h4,7-8,13-15,18,22H,1-3,5-6,9-12H2,(H,23,28)(H,24,29);1H. The lowest BCUT2D eigenvalue weighted by atomic mass is 9.88. The highest BCUT2D eigenvalue weighted by Crippen LogP contribution is 2.25. The van der Waals surface area contributed by atoms with E-state index in [0.717, 1.165) is 51.6 Å². The number of carbonyl (C=O) groups excluding carboxylic acids is 2. The fraction of sp³-hybridized carbons (Fsp3) is 0.524. The maximum absolute atomic E-state index is 12.6. The molecular weight excluding hydrogens is 404 g/mol. The van der Waals surface area contributed by atoms with Crippen molar-refractivity contribution in [3.05, 3.63) is 36.2 Å². The van der Waals surface area contributed by atoms with Crippen molar-refractivity contribution in [2.24, 2.45) is 5.92 Å². The summed E-state index contributed by atoms with van der Waals surface area (Å²) < 4.78 is 1.79. The van der Waals surface area contributed by atoms with Crippen LogP contribution in [0.5, 0.6) is 0 Å². The first-order valence-electron chi connectivity index (χ1n) is 10.5. The largest absolute Gasteiger partial charge is 0.326 e. The molecule has 1 aromatic heterocycles. The van der Waals surface area contributed by atoms with Gasteiger partial charge in [0.2, 0.25) is 5.91 Å². The summed E-state index contributed by atoms with van der Waals surface area (Å²) in [6.07, 6.45) is 9.02. The lowest BCUT2D eigenvalue weighted by molar-refractivity contribution is -0.120. The molecule has 9 heteroatoms. The van der Waals surface area contributed by atoms with Crippen molar-refractivity contribution in [3.8, 4) is 0 Å². The second-order valence-corrected chi connectivity index (χ2v) is 7.92. The number of benzene rings is 1. The number of amides is 2. The highest BCUT2D eigenvalue weighted by molar-refractivity contribution is 6.03. The van der Waals surface area contributed by atoms with Gasteiger partial charge in [0, 0.05) is 17.3 Å². The highest BCUT2D eigenvalue weighted by Gasteiger charge is 2.21. The molecule has 0 bridgehead atoms. The zero-order valence-electron chi connectivity index (χ0n) is 17.0. The van der Waals surface area contributed by atoms with Crippen LogP contribution in [0.25, 0.3) is 0 Å². The average molecular weight is 433 g/mol. The van der Waals surface area contributed by atoms with Gasteiger partial charge in [-0.3, -0.25) is 9.59 Å². The molecule has 2 aliphatic rings. The molecule has 8 nitrogen and oxygen atoms in total. The van der Waals surface area contributed by atoms with Crippen LogP contribution in [0.3, 0.4) is 0 Å². The van der Waals surface area contributed by atoms with Gasteiger partial charge in [-0.05, 0) is 57.0 Å². The lowest BCUT2D eigenvalue weighted by Gasteiger charge is -2.22. The second-order valence-electron chi connectivity index (χ2n) is 7.92. The summed E-state index contributed by atoms with van der Waals surface area (Å²) >= 11 is 0. The quantitative estimate of drug-likeness (QED) is 0.672. The van der Waals surface area contributed by atoms with Crippen LogP contribution in [-0.2, 0) is 4.79 Å². The third kappa shape index (κ3) is 5.58. The fourth-order valence-corrected chi connectivity index (χ4v) is 4.11. The number of nitrogens with zero attached hydrogens (tertiary/aromatic N) is 3. The van der Waals surface area contributed by atoms with Gasteiger partial charge in [0.05, 0.1) is 12.2 Å². The van der Waals surface area contributed by atoms with Crippen LogP contribution >= 0.6 is 12.4 Å². The van der Waals surface area contributed by atoms with Crippen LogP contribution in [0.1, 0.15) is 61.5 Å². The lowest BCUT2D eigenvalue weighted by Crippen LogP contribution is -2.29. The van der Waals surface area contributed by atoms with E-state index < -0.39 is 0 Å². The number of hydrogen-bond donors (Lipinski definition) is 3. The zero-order valence-corrected chi connectivity index (χ0v) is 17.8. The maximum Gasteiger partial charge on any atom is 0.277 e. The van der Waals surface area contributed by atoms with Gasteiger partial charge in [-0.25, -0.2) is 4.68 Å². The molecule has 1 aliphatic heterocycles. The van der Waals surface area contributed by atoms with Crippen molar-refractivity contribution in [2.45, 2.75) is 51.0 Å². The summed E-state index contributed by atoms with van der Waals surface area (Å²) in [5.74, 6) is -0.147. The number of rotatable bonds is 5. The van der Waals surface area contributed by atoms with E-state index in [9.17, 15) is 9.59 Å². The molecule has 0 atom stereocenters. The molecule has 3 N–H and O–H groups in total. The molecule has 2 aromatic rings. The van der Waals surface area contributed by atoms with Gasteiger partial charge in [0.25, 0.3) is 5.91 Å². The number of aromatic nitrogens is 3. The summed E-state index contributed by atoms with van der Waals surface area (Å²) in [4.78, 5) is 25.0. The van der Waals surface area contributed by atoms with Gasteiger partial charge in [-0.1, -0.05) is 30.5 Å². The van der Waals surface area contributed by atoms with E-state index in [4.69, 9.17) is 0 Å². The number of halogens is 1. The third-order valence-electron chi connectivity index (χ3n) is 5.79. The molecule has 1 saturated heterocycles. The van der Waals surface area contributed by atoms with Gasteiger partial charge in [0.15, 0.2) is 5.69 Å². The molecule has 1 aromatic carbocycles. The summed E-state index contributed by atoms with van der Waals surface area (Å²) in [5, 5.41) is 17.3. The molecule has 1 aliphatic carbocycles. The molecule has 30 heavy (non-hydrogen) atoms. The van der Waals surface area contributed by atoms with Crippen molar-refractivity contribution in [2.75, 3.05) is 23.7 Å². The minimum atomic E-state index is -0.305. The van der Waals surface area contributed by atoms with E-state index >= 15 is 0 Å². The Morgan fingerprint density at radius 2 is 1.70 bits per heavy atom. The van der Waals surface area contributed by atoms with Crippen molar-refractivity contribution in [1.82, 2.24) is 20.3 Å². The Kier molecular flexibility index (Phi) is 7.81. The number of nitrogens with one attached hydrogen (secondary N) is 3. The minimum Gasteiger partial charge on any atom is -0.326 e. The molecule has 2 heterocycles. The van der Waals surface area contributed by atoms with Crippen LogP contribution in [0, 0.1) is 5.92 Å². The molecule has 2 fully saturated rings. The summed E-state index contributed by atoms with van der Waals surface area (Å²) in [5.41, 5.74) is 1.60.